The molecule has 0 aromatic heterocycles. The van der Waals surface area contributed by atoms with Gasteiger partial charge in [-0.05, 0) is 167 Å². The first-order valence-electron chi connectivity index (χ1n) is 35.5. The lowest BCUT2D eigenvalue weighted by molar-refractivity contribution is 0.0876. The summed E-state index contributed by atoms with van der Waals surface area (Å²) in [6.07, 6.45) is 18.1. The van der Waals surface area contributed by atoms with Crippen LogP contribution in [0.4, 0.5) is 34.1 Å². The van der Waals surface area contributed by atoms with Crippen LogP contribution in [0.5, 0.6) is 0 Å². The van der Waals surface area contributed by atoms with Crippen LogP contribution in [0.15, 0.2) is 158 Å². The van der Waals surface area contributed by atoms with E-state index in [1.54, 1.807) is 84.9 Å². The summed E-state index contributed by atoms with van der Waals surface area (Å²) in [6, 6.07) is 46.2. The van der Waals surface area contributed by atoms with E-state index < -0.39 is 47.3 Å². The largest absolute Gasteiger partial charge is 0.371 e. The molecule has 4 heterocycles. The van der Waals surface area contributed by atoms with E-state index in [0.717, 1.165) is 157 Å². The number of rotatable bonds is 26. The maximum absolute atomic E-state index is 14.9. The van der Waals surface area contributed by atoms with Crippen molar-refractivity contribution in [2.24, 2.45) is 0 Å². The molecule has 14 heteroatoms. The fraction of sp³-hybridized carbons (Fsp3) is 0.286. The minimum atomic E-state index is -0.542. The normalized spacial score (nSPS) is 14.4. The van der Waals surface area contributed by atoms with Crippen molar-refractivity contribution in [1.82, 2.24) is 0 Å². The van der Waals surface area contributed by atoms with Crippen LogP contribution >= 0.6 is 0 Å². The zero-order chi connectivity index (χ0) is 67.6. The van der Waals surface area contributed by atoms with Crippen LogP contribution in [0.1, 0.15) is 213 Å². The highest BCUT2D eigenvalue weighted by Crippen LogP contribution is 2.48. The first-order valence-corrected chi connectivity index (χ1v) is 35.5. The van der Waals surface area contributed by atoms with Crippen LogP contribution in [-0.4, -0.2) is 73.4 Å². The number of fused-ring (bicyclic) bond motifs is 2. The van der Waals surface area contributed by atoms with E-state index in [1.165, 1.54) is 35.5 Å². The second kappa shape index (κ2) is 26.1. The Hall–Kier alpha value is -10.6. The SMILES string of the molecule is CCCCCCN(CCCCCC)c1ccc2c3c(cccc13)C(=O)N(c1ccc(N3C(=O)c4ccc5c6ccc7c8c(ccc(c9ccc(c4c59)C3=O)c86)C(=O)N(c3ccc(N4C(=O)c5cccc6c(N(CCCCCC)CCCCCC)ccc(c56)C4=O)cc3)C7=O)cc1)C2=O. The molecule has 0 spiro atoms. The first-order chi connectivity index (χ1) is 47.9. The Morgan fingerprint density at radius 3 is 0.714 bits per heavy atom. The molecule has 4 aliphatic heterocycles. The third-order valence-corrected chi connectivity index (χ3v) is 20.9. The van der Waals surface area contributed by atoms with Gasteiger partial charge in [-0.1, -0.05) is 153 Å². The third kappa shape index (κ3) is 10.3. The lowest BCUT2D eigenvalue weighted by Crippen LogP contribution is -2.41. The van der Waals surface area contributed by atoms with Gasteiger partial charge in [-0.15, -0.1) is 0 Å². The number of amides is 8. The molecular weight excluding hydrogens is 1220 g/mol. The Kier molecular flexibility index (Phi) is 16.9. The van der Waals surface area contributed by atoms with E-state index in [9.17, 15) is 38.4 Å². The third-order valence-electron chi connectivity index (χ3n) is 20.9. The summed E-state index contributed by atoms with van der Waals surface area (Å²) in [5.41, 5.74) is 6.17. The molecule has 492 valence electrons. The molecule has 0 aliphatic carbocycles. The summed E-state index contributed by atoms with van der Waals surface area (Å²) in [5.74, 6) is -3.97. The summed E-state index contributed by atoms with van der Waals surface area (Å²) >= 11 is 0. The highest BCUT2D eigenvalue weighted by molar-refractivity contribution is 6.46. The molecule has 15 rings (SSSR count). The molecule has 98 heavy (non-hydrogen) atoms. The molecule has 0 saturated carbocycles. The van der Waals surface area contributed by atoms with E-state index in [0.29, 0.717) is 88.2 Å². The molecule has 0 unspecified atom stereocenters. The lowest BCUT2D eigenvalue weighted by Gasteiger charge is -2.32. The van der Waals surface area contributed by atoms with Crippen LogP contribution < -0.4 is 29.4 Å². The number of hydrogen-bond acceptors (Lipinski definition) is 10. The van der Waals surface area contributed by atoms with E-state index >= 15 is 0 Å². The predicted octanol–water partition coefficient (Wildman–Crippen LogP) is 19.2. The molecule has 0 bridgehead atoms. The quantitative estimate of drug-likeness (QED) is 0.0221. The fourth-order valence-electron chi connectivity index (χ4n) is 16.0. The van der Waals surface area contributed by atoms with Crippen LogP contribution in [-0.2, 0) is 0 Å². The summed E-state index contributed by atoms with van der Waals surface area (Å²) in [5, 5.41) is 8.39. The van der Waals surface area contributed by atoms with Gasteiger partial charge in [-0.25, -0.2) is 19.6 Å². The second-order valence-electron chi connectivity index (χ2n) is 26.9. The number of anilines is 6. The van der Waals surface area contributed by atoms with Crippen LogP contribution in [0.25, 0.3) is 64.6 Å². The van der Waals surface area contributed by atoms with Crippen molar-refractivity contribution in [2.75, 3.05) is 55.6 Å². The number of hydrogen-bond donors (Lipinski definition) is 0. The van der Waals surface area contributed by atoms with Gasteiger partial charge in [0.2, 0.25) is 0 Å². The molecule has 14 nitrogen and oxygen atoms in total. The first kappa shape index (κ1) is 63.5. The number of unbranched alkanes of at least 4 members (excludes halogenated alkanes) is 12. The lowest BCUT2D eigenvalue weighted by atomic mass is 9.82. The maximum atomic E-state index is 14.9. The van der Waals surface area contributed by atoms with Gasteiger partial charge in [0.15, 0.2) is 0 Å². The zero-order valence-corrected chi connectivity index (χ0v) is 56.1. The molecule has 11 aromatic carbocycles. The second-order valence-corrected chi connectivity index (χ2v) is 26.9. The van der Waals surface area contributed by atoms with Crippen molar-refractivity contribution < 1.29 is 38.4 Å². The Labute approximate surface area is 569 Å². The van der Waals surface area contributed by atoms with E-state index in [1.807, 2.05) is 72.8 Å². The summed E-state index contributed by atoms with van der Waals surface area (Å²) in [6.45, 7) is 12.4. The molecule has 4 aliphatic rings. The van der Waals surface area contributed by atoms with Gasteiger partial charge in [-0.3, -0.25) is 38.4 Å². The number of carbonyl (C=O) groups excluding carboxylic acids is 8. The van der Waals surface area contributed by atoms with E-state index in [-0.39, 0.29) is 11.4 Å². The Morgan fingerprint density at radius 2 is 0.459 bits per heavy atom. The summed E-state index contributed by atoms with van der Waals surface area (Å²) in [7, 11) is 0. The molecule has 0 fully saturated rings. The zero-order valence-electron chi connectivity index (χ0n) is 56.1. The standard InChI is InChI=1S/C84H78N6O8/c1-5-9-13-17-47-85(48-18-14-10-6-2)69-45-43-63-71-59(69)23-21-25-61(71)77(91)87(79(63)93)51-27-31-53(32-28-51)89-81(95)65-39-35-55-57-37-41-67-76-68(42-38-58(74(57)76)56-36-40-66(82(89)96)75(65)73(55)56)84(98)90(83(67)97)54-33-29-52(30-34-54)88-78(92)62-26-22-24-60-70(46-44-64(72(60)62)80(88)94)86(49-19-15-11-7-3)50-20-16-12-8-4/h21-46H,5-20,47-50H2,1-4H3. The van der Waals surface area contributed by atoms with Crippen molar-refractivity contribution in [3.8, 4) is 0 Å². The fourth-order valence-corrected chi connectivity index (χ4v) is 16.0. The van der Waals surface area contributed by atoms with Gasteiger partial charge >= 0.3 is 0 Å². The van der Waals surface area contributed by atoms with Crippen molar-refractivity contribution in [1.29, 1.82) is 0 Å². The van der Waals surface area contributed by atoms with Gasteiger partial charge < -0.3 is 9.80 Å². The average molecular weight is 1300 g/mol. The monoisotopic (exact) mass is 1300 g/mol. The Balaban J connectivity index is 0.689. The van der Waals surface area contributed by atoms with Gasteiger partial charge in [0, 0.05) is 114 Å². The number of imide groups is 4. The maximum Gasteiger partial charge on any atom is 0.265 e. The topological polar surface area (TPSA) is 156 Å². The number of carbonyl (C=O) groups is 8. The molecule has 0 atom stereocenters. The van der Waals surface area contributed by atoms with Crippen LogP contribution in [0.3, 0.4) is 0 Å². The minimum absolute atomic E-state index is 0.266. The van der Waals surface area contributed by atoms with Crippen molar-refractivity contribution >= 4 is 146 Å². The van der Waals surface area contributed by atoms with Gasteiger partial charge in [0.1, 0.15) is 0 Å². The van der Waals surface area contributed by atoms with Gasteiger partial charge in [-0.2, -0.15) is 0 Å². The summed E-state index contributed by atoms with van der Waals surface area (Å²) in [4.78, 5) is 127. The average Bonchev–Trinajstić information content (AvgIpc) is 0.689. The number of benzene rings is 11. The molecule has 11 aromatic rings. The van der Waals surface area contributed by atoms with Crippen LogP contribution in [0.2, 0.25) is 0 Å². The molecule has 0 saturated heterocycles. The molecule has 0 radical (unpaired) electrons. The molecule has 8 amide bonds. The highest BCUT2D eigenvalue weighted by atomic mass is 16.2. The van der Waals surface area contributed by atoms with E-state index in [2.05, 4.69) is 37.5 Å². The smallest absolute Gasteiger partial charge is 0.265 e. The molecule has 0 N–H and O–H groups in total. The Morgan fingerprint density at radius 1 is 0.224 bits per heavy atom. The molecular formula is C84H78N6O8. The van der Waals surface area contributed by atoms with E-state index in [4.69, 9.17) is 0 Å². The highest BCUT2D eigenvalue weighted by Gasteiger charge is 2.41. The predicted molar refractivity (Wildman–Crippen MR) is 394 cm³/mol. The van der Waals surface area contributed by atoms with Crippen molar-refractivity contribution in [3.05, 3.63) is 202 Å². The number of nitrogens with zero attached hydrogens (tertiary/aromatic N) is 6. The Bertz CT molecular complexity index is 4640. The van der Waals surface area contributed by atoms with Gasteiger partial charge in [0.05, 0.1) is 22.7 Å². The summed E-state index contributed by atoms with van der Waals surface area (Å²) < 4.78 is 0. The van der Waals surface area contributed by atoms with Crippen molar-refractivity contribution in [3.63, 3.8) is 0 Å². The minimum Gasteiger partial charge on any atom is -0.371 e. The van der Waals surface area contributed by atoms with Crippen molar-refractivity contribution in [2.45, 2.75) is 130 Å². The van der Waals surface area contributed by atoms with Gasteiger partial charge in [0.25, 0.3) is 47.3 Å². The van der Waals surface area contributed by atoms with Crippen LogP contribution in [0, 0.1) is 0 Å².